The summed E-state index contributed by atoms with van der Waals surface area (Å²) in [7, 11) is 0. The smallest absolute Gasteiger partial charge is 0.410 e. The first-order valence-electron chi connectivity index (χ1n) is 6.38. The van der Waals surface area contributed by atoms with Gasteiger partial charge < -0.3 is 9.64 Å². The molecule has 1 heterocycles. The number of likely N-dealkylation sites (tertiary alicyclic amines) is 1. The molecule has 0 spiro atoms. The Hall–Kier alpha value is -1.77. The number of carbonyl (C=O) groups excluding carboxylic acids is 1. The van der Waals surface area contributed by atoms with Gasteiger partial charge in [-0.05, 0) is 23.3 Å². The number of allylic oxidation sites excluding steroid dienone is 1. The molecule has 2 fully saturated rings. The van der Waals surface area contributed by atoms with Crippen LogP contribution < -0.4 is 0 Å². The number of benzene rings is 1. The standard InChI is InChI=1S/C15H17NO2/c1-2-12-13-8-16(9-14(12)13)15(17)18-10-11-6-4-3-5-7-11/h2-7,12-14H,1,8-10H2/t12-,13-,14+. The lowest BCUT2D eigenvalue weighted by Crippen LogP contribution is -2.31. The molecule has 1 aliphatic carbocycles. The van der Waals surface area contributed by atoms with Crippen molar-refractivity contribution < 1.29 is 9.53 Å². The van der Waals surface area contributed by atoms with Gasteiger partial charge in [-0.1, -0.05) is 36.4 Å². The van der Waals surface area contributed by atoms with E-state index in [-0.39, 0.29) is 6.09 Å². The topological polar surface area (TPSA) is 29.5 Å². The number of piperidine rings is 1. The van der Waals surface area contributed by atoms with Gasteiger partial charge in [0.2, 0.25) is 0 Å². The molecule has 1 amide bonds. The van der Waals surface area contributed by atoms with Crippen LogP contribution >= 0.6 is 0 Å². The van der Waals surface area contributed by atoms with E-state index in [2.05, 4.69) is 6.58 Å². The van der Waals surface area contributed by atoms with Crippen LogP contribution in [0.3, 0.4) is 0 Å². The van der Waals surface area contributed by atoms with Crippen molar-refractivity contribution in [2.45, 2.75) is 6.61 Å². The molecule has 3 heteroatoms. The molecule has 0 unspecified atom stereocenters. The molecule has 3 rings (SSSR count). The second-order valence-electron chi connectivity index (χ2n) is 5.09. The highest BCUT2D eigenvalue weighted by Crippen LogP contribution is 2.52. The molecule has 1 saturated carbocycles. The molecule has 0 radical (unpaired) electrons. The molecule has 0 bridgehead atoms. The zero-order valence-corrected chi connectivity index (χ0v) is 10.3. The second-order valence-corrected chi connectivity index (χ2v) is 5.09. The van der Waals surface area contributed by atoms with Gasteiger partial charge in [0, 0.05) is 13.1 Å². The number of rotatable bonds is 3. The Labute approximate surface area is 107 Å². The summed E-state index contributed by atoms with van der Waals surface area (Å²) in [5, 5.41) is 0. The Morgan fingerprint density at radius 2 is 2.00 bits per heavy atom. The van der Waals surface area contributed by atoms with Crippen LogP contribution in [0.15, 0.2) is 43.0 Å². The molecule has 1 saturated heterocycles. The van der Waals surface area contributed by atoms with Crippen molar-refractivity contribution in [3.05, 3.63) is 48.6 Å². The Morgan fingerprint density at radius 3 is 2.61 bits per heavy atom. The fourth-order valence-electron chi connectivity index (χ4n) is 2.88. The summed E-state index contributed by atoms with van der Waals surface area (Å²) in [4.78, 5) is 13.7. The van der Waals surface area contributed by atoms with E-state index in [1.807, 2.05) is 41.3 Å². The summed E-state index contributed by atoms with van der Waals surface area (Å²) in [5.74, 6) is 1.89. The third kappa shape index (κ3) is 2.01. The fourth-order valence-corrected chi connectivity index (χ4v) is 2.88. The lowest BCUT2D eigenvalue weighted by Gasteiger charge is -2.18. The predicted molar refractivity (Wildman–Crippen MR) is 68.9 cm³/mol. The summed E-state index contributed by atoms with van der Waals surface area (Å²) < 4.78 is 5.31. The Morgan fingerprint density at radius 1 is 1.33 bits per heavy atom. The van der Waals surface area contributed by atoms with E-state index in [1.54, 1.807) is 0 Å². The molecular formula is C15H17NO2. The molecule has 3 atom stereocenters. The van der Waals surface area contributed by atoms with Crippen molar-refractivity contribution in [1.82, 2.24) is 4.90 Å². The Balaban J connectivity index is 1.48. The van der Waals surface area contributed by atoms with Gasteiger partial charge >= 0.3 is 6.09 Å². The molecule has 0 N–H and O–H groups in total. The van der Waals surface area contributed by atoms with Crippen molar-refractivity contribution in [1.29, 1.82) is 0 Å². The van der Waals surface area contributed by atoms with E-state index < -0.39 is 0 Å². The number of hydrogen-bond acceptors (Lipinski definition) is 2. The van der Waals surface area contributed by atoms with Crippen LogP contribution in [0.5, 0.6) is 0 Å². The van der Waals surface area contributed by atoms with Crippen LogP contribution in [0.4, 0.5) is 4.79 Å². The molecule has 94 valence electrons. The van der Waals surface area contributed by atoms with Crippen molar-refractivity contribution in [3.8, 4) is 0 Å². The fraction of sp³-hybridized carbons (Fsp3) is 0.400. The molecule has 2 aliphatic rings. The first-order valence-corrected chi connectivity index (χ1v) is 6.38. The number of fused-ring (bicyclic) bond motifs is 1. The van der Waals surface area contributed by atoms with E-state index in [4.69, 9.17) is 4.74 Å². The van der Waals surface area contributed by atoms with E-state index in [1.165, 1.54) is 0 Å². The lowest BCUT2D eigenvalue weighted by atomic mass is 10.2. The third-order valence-corrected chi connectivity index (χ3v) is 4.00. The van der Waals surface area contributed by atoms with Crippen molar-refractivity contribution in [2.24, 2.45) is 17.8 Å². The van der Waals surface area contributed by atoms with Crippen LogP contribution in [0, 0.1) is 17.8 Å². The van der Waals surface area contributed by atoms with Gasteiger partial charge in [0.05, 0.1) is 0 Å². The average Bonchev–Trinajstić information content (AvgIpc) is 2.88. The maximum Gasteiger partial charge on any atom is 0.410 e. The zero-order chi connectivity index (χ0) is 12.5. The Bertz CT molecular complexity index is 445. The summed E-state index contributed by atoms with van der Waals surface area (Å²) in [6.45, 7) is 5.83. The largest absolute Gasteiger partial charge is 0.445 e. The van der Waals surface area contributed by atoms with Gasteiger partial charge in [-0.25, -0.2) is 4.79 Å². The maximum atomic E-state index is 11.9. The maximum absolute atomic E-state index is 11.9. The van der Waals surface area contributed by atoms with Crippen molar-refractivity contribution in [3.63, 3.8) is 0 Å². The molecule has 0 aromatic heterocycles. The quantitative estimate of drug-likeness (QED) is 0.764. The molecule has 1 aromatic carbocycles. The normalized spacial score (nSPS) is 28.7. The average molecular weight is 243 g/mol. The number of carbonyl (C=O) groups is 1. The van der Waals surface area contributed by atoms with Crippen LogP contribution in [0.2, 0.25) is 0 Å². The highest BCUT2D eigenvalue weighted by molar-refractivity contribution is 5.68. The van der Waals surface area contributed by atoms with E-state index >= 15 is 0 Å². The summed E-state index contributed by atoms with van der Waals surface area (Å²) in [6, 6.07) is 9.77. The van der Waals surface area contributed by atoms with Gasteiger partial charge in [-0.2, -0.15) is 0 Å². The summed E-state index contributed by atoms with van der Waals surface area (Å²) >= 11 is 0. The zero-order valence-electron chi connectivity index (χ0n) is 10.3. The minimum absolute atomic E-state index is 0.186. The summed E-state index contributed by atoms with van der Waals surface area (Å²) in [5.41, 5.74) is 1.03. The van der Waals surface area contributed by atoms with Gasteiger partial charge in [0.25, 0.3) is 0 Å². The second kappa shape index (κ2) is 4.48. The van der Waals surface area contributed by atoms with E-state index in [0.29, 0.717) is 24.4 Å². The van der Waals surface area contributed by atoms with E-state index in [9.17, 15) is 4.79 Å². The molecule has 1 aromatic rings. The van der Waals surface area contributed by atoms with Crippen LogP contribution in [-0.2, 0) is 11.3 Å². The van der Waals surface area contributed by atoms with Gasteiger partial charge in [0.1, 0.15) is 6.61 Å². The lowest BCUT2D eigenvalue weighted by molar-refractivity contribution is 0.0994. The van der Waals surface area contributed by atoms with Crippen LogP contribution in [0.1, 0.15) is 5.56 Å². The van der Waals surface area contributed by atoms with Crippen molar-refractivity contribution in [2.75, 3.05) is 13.1 Å². The Kier molecular flexibility index (Phi) is 2.82. The monoisotopic (exact) mass is 243 g/mol. The minimum atomic E-state index is -0.186. The first kappa shape index (κ1) is 11.3. The number of nitrogens with zero attached hydrogens (tertiary/aromatic N) is 1. The number of amides is 1. The molecule has 1 aliphatic heterocycles. The highest BCUT2D eigenvalue weighted by atomic mass is 16.6. The van der Waals surface area contributed by atoms with E-state index in [0.717, 1.165) is 18.7 Å². The summed E-state index contributed by atoms with van der Waals surface area (Å²) in [6.07, 6.45) is 1.83. The van der Waals surface area contributed by atoms with Gasteiger partial charge in [0.15, 0.2) is 0 Å². The molecule has 3 nitrogen and oxygen atoms in total. The molecule has 18 heavy (non-hydrogen) atoms. The third-order valence-electron chi connectivity index (χ3n) is 4.00. The van der Waals surface area contributed by atoms with Crippen LogP contribution in [0.25, 0.3) is 0 Å². The van der Waals surface area contributed by atoms with Gasteiger partial charge in [-0.15, -0.1) is 6.58 Å². The SMILES string of the molecule is C=C[C@@H]1[C@H]2CN(C(=O)OCc3ccccc3)C[C@@H]12. The number of ether oxygens (including phenoxy) is 1. The number of hydrogen-bond donors (Lipinski definition) is 0. The van der Waals surface area contributed by atoms with Gasteiger partial charge in [-0.3, -0.25) is 0 Å². The minimum Gasteiger partial charge on any atom is -0.445 e. The van der Waals surface area contributed by atoms with Crippen LogP contribution in [-0.4, -0.2) is 24.1 Å². The highest BCUT2D eigenvalue weighted by Gasteiger charge is 2.55. The first-order chi connectivity index (χ1) is 8.79. The van der Waals surface area contributed by atoms with Crippen molar-refractivity contribution >= 4 is 6.09 Å². The predicted octanol–water partition coefficient (Wildman–Crippen LogP) is 2.69. The molecular weight excluding hydrogens is 226 g/mol.